The van der Waals surface area contributed by atoms with E-state index in [1.807, 2.05) is 0 Å². The van der Waals surface area contributed by atoms with Crippen LogP contribution in [-0.4, -0.2) is 23.4 Å². The lowest BCUT2D eigenvalue weighted by Gasteiger charge is -2.35. The molecule has 1 aliphatic heterocycles. The third-order valence-corrected chi connectivity index (χ3v) is 4.45. The normalized spacial score (nSPS) is 28.8. The lowest BCUT2D eigenvalue weighted by atomic mass is 9.85. The van der Waals surface area contributed by atoms with E-state index < -0.39 is 0 Å². The van der Waals surface area contributed by atoms with Crippen molar-refractivity contribution in [3.63, 3.8) is 0 Å². The minimum atomic E-state index is 0.294. The summed E-state index contributed by atoms with van der Waals surface area (Å²) in [5.41, 5.74) is 2.30. The van der Waals surface area contributed by atoms with Gasteiger partial charge in [0.15, 0.2) is 0 Å². The first kappa shape index (κ1) is 13.4. The Labute approximate surface area is 111 Å². The molecular weight excluding hydrogens is 222 g/mol. The number of carbonyl (C=O) groups is 1. The van der Waals surface area contributed by atoms with Gasteiger partial charge in [0.2, 0.25) is 5.91 Å². The number of likely N-dealkylation sites (tertiary alicyclic amines) is 1. The van der Waals surface area contributed by atoms with E-state index in [0.29, 0.717) is 17.9 Å². The molecule has 0 aromatic carbocycles. The average molecular weight is 247 g/mol. The van der Waals surface area contributed by atoms with Gasteiger partial charge in [0.25, 0.3) is 0 Å². The molecule has 2 aliphatic rings. The SMILES string of the molecule is C=C(C)C1CC=C(C(=O)N2CCCCC2C)CC1. The van der Waals surface area contributed by atoms with Crippen molar-refractivity contribution in [3.05, 3.63) is 23.8 Å². The van der Waals surface area contributed by atoms with Gasteiger partial charge >= 0.3 is 0 Å². The van der Waals surface area contributed by atoms with Gasteiger partial charge in [-0.25, -0.2) is 0 Å². The van der Waals surface area contributed by atoms with Crippen molar-refractivity contribution in [2.24, 2.45) is 5.92 Å². The lowest BCUT2D eigenvalue weighted by molar-refractivity contribution is -0.130. The van der Waals surface area contributed by atoms with Crippen LogP contribution in [0.3, 0.4) is 0 Å². The zero-order chi connectivity index (χ0) is 13.1. The number of allylic oxidation sites excluding steroid dienone is 2. The Morgan fingerprint density at radius 1 is 1.39 bits per heavy atom. The minimum Gasteiger partial charge on any atom is -0.336 e. The van der Waals surface area contributed by atoms with Crippen LogP contribution in [0.15, 0.2) is 23.8 Å². The van der Waals surface area contributed by atoms with Crippen LogP contribution in [0, 0.1) is 5.92 Å². The summed E-state index contributed by atoms with van der Waals surface area (Å²) < 4.78 is 0. The van der Waals surface area contributed by atoms with E-state index in [2.05, 4.69) is 31.4 Å². The molecule has 1 aliphatic carbocycles. The molecule has 1 amide bonds. The summed E-state index contributed by atoms with van der Waals surface area (Å²) in [6, 6.07) is 0.422. The van der Waals surface area contributed by atoms with E-state index in [9.17, 15) is 4.79 Å². The molecule has 0 N–H and O–H groups in total. The van der Waals surface area contributed by atoms with E-state index >= 15 is 0 Å². The standard InChI is InChI=1S/C16H25NO/c1-12(2)14-7-9-15(10-8-14)16(18)17-11-5-4-6-13(17)3/h9,13-14H,1,4-8,10-11H2,2-3H3. The fourth-order valence-corrected chi connectivity index (χ4v) is 3.06. The number of hydrogen-bond acceptors (Lipinski definition) is 1. The number of amides is 1. The Hall–Kier alpha value is -1.05. The summed E-state index contributed by atoms with van der Waals surface area (Å²) in [5.74, 6) is 0.877. The van der Waals surface area contributed by atoms with Crippen LogP contribution in [0.2, 0.25) is 0 Å². The van der Waals surface area contributed by atoms with E-state index in [-0.39, 0.29) is 0 Å². The van der Waals surface area contributed by atoms with Gasteiger partial charge in [0.05, 0.1) is 0 Å². The fraction of sp³-hybridized carbons (Fsp3) is 0.688. The highest BCUT2D eigenvalue weighted by Crippen LogP contribution is 2.30. The monoisotopic (exact) mass is 247 g/mol. The first-order valence-corrected chi connectivity index (χ1v) is 7.25. The summed E-state index contributed by atoms with van der Waals surface area (Å²) in [5, 5.41) is 0. The van der Waals surface area contributed by atoms with Gasteiger partial charge in [0, 0.05) is 18.2 Å². The molecule has 0 aromatic heterocycles. The van der Waals surface area contributed by atoms with Crippen LogP contribution < -0.4 is 0 Å². The highest BCUT2D eigenvalue weighted by molar-refractivity contribution is 5.93. The van der Waals surface area contributed by atoms with E-state index in [1.165, 1.54) is 12.0 Å². The van der Waals surface area contributed by atoms with Gasteiger partial charge < -0.3 is 4.90 Å². The second kappa shape index (κ2) is 5.73. The Balaban J connectivity index is 1.99. The molecule has 0 aromatic rings. The van der Waals surface area contributed by atoms with Gasteiger partial charge in [-0.2, -0.15) is 0 Å². The van der Waals surface area contributed by atoms with Crippen LogP contribution in [-0.2, 0) is 4.79 Å². The molecule has 2 rings (SSSR count). The Morgan fingerprint density at radius 2 is 2.17 bits per heavy atom. The number of nitrogens with zero attached hydrogens (tertiary/aromatic N) is 1. The van der Waals surface area contributed by atoms with Crippen LogP contribution in [0.4, 0.5) is 0 Å². The van der Waals surface area contributed by atoms with Crippen LogP contribution in [0.25, 0.3) is 0 Å². The molecule has 0 radical (unpaired) electrons. The zero-order valence-electron chi connectivity index (χ0n) is 11.7. The molecule has 18 heavy (non-hydrogen) atoms. The van der Waals surface area contributed by atoms with Gasteiger partial charge in [-0.1, -0.05) is 18.2 Å². The fourth-order valence-electron chi connectivity index (χ4n) is 3.06. The Bertz CT molecular complexity index is 369. The first-order valence-electron chi connectivity index (χ1n) is 7.25. The summed E-state index contributed by atoms with van der Waals surface area (Å²) in [6.45, 7) is 9.24. The Morgan fingerprint density at radius 3 is 2.72 bits per heavy atom. The van der Waals surface area contributed by atoms with E-state index in [0.717, 1.165) is 44.2 Å². The van der Waals surface area contributed by atoms with Crippen molar-refractivity contribution in [2.75, 3.05) is 6.54 Å². The van der Waals surface area contributed by atoms with E-state index in [4.69, 9.17) is 0 Å². The summed E-state index contributed by atoms with van der Waals surface area (Å²) in [7, 11) is 0. The van der Waals surface area contributed by atoms with Crippen molar-refractivity contribution in [1.29, 1.82) is 0 Å². The molecule has 1 fully saturated rings. The zero-order valence-corrected chi connectivity index (χ0v) is 11.7. The smallest absolute Gasteiger partial charge is 0.249 e. The summed E-state index contributed by atoms with van der Waals surface area (Å²) in [4.78, 5) is 14.6. The number of hydrogen-bond donors (Lipinski definition) is 0. The first-order chi connectivity index (χ1) is 8.59. The van der Waals surface area contributed by atoms with Crippen LogP contribution in [0.1, 0.15) is 52.4 Å². The van der Waals surface area contributed by atoms with Crippen molar-refractivity contribution < 1.29 is 4.79 Å². The molecule has 0 spiro atoms. The maximum Gasteiger partial charge on any atom is 0.249 e. The maximum atomic E-state index is 12.5. The summed E-state index contributed by atoms with van der Waals surface area (Å²) >= 11 is 0. The highest BCUT2D eigenvalue weighted by Gasteiger charge is 2.27. The van der Waals surface area contributed by atoms with Crippen molar-refractivity contribution in [3.8, 4) is 0 Å². The number of rotatable bonds is 2. The number of piperidine rings is 1. The molecule has 100 valence electrons. The van der Waals surface area contributed by atoms with Crippen molar-refractivity contribution >= 4 is 5.91 Å². The van der Waals surface area contributed by atoms with Crippen LogP contribution >= 0.6 is 0 Å². The lowest BCUT2D eigenvalue weighted by Crippen LogP contribution is -2.43. The minimum absolute atomic E-state index is 0.294. The molecule has 1 heterocycles. The molecule has 2 atom stereocenters. The quantitative estimate of drug-likeness (QED) is 0.681. The average Bonchev–Trinajstić information content (AvgIpc) is 2.38. The topological polar surface area (TPSA) is 20.3 Å². The maximum absolute atomic E-state index is 12.5. The molecule has 0 saturated carbocycles. The van der Waals surface area contributed by atoms with Crippen LogP contribution in [0.5, 0.6) is 0 Å². The van der Waals surface area contributed by atoms with Gasteiger partial charge in [-0.3, -0.25) is 4.79 Å². The molecule has 2 heteroatoms. The molecule has 2 nitrogen and oxygen atoms in total. The van der Waals surface area contributed by atoms with Crippen molar-refractivity contribution in [2.45, 2.75) is 58.4 Å². The second-order valence-electron chi connectivity index (χ2n) is 5.89. The predicted molar refractivity (Wildman–Crippen MR) is 75.3 cm³/mol. The molecule has 1 saturated heterocycles. The van der Waals surface area contributed by atoms with Gasteiger partial charge in [-0.15, -0.1) is 0 Å². The third-order valence-electron chi connectivity index (χ3n) is 4.45. The molecule has 0 bridgehead atoms. The highest BCUT2D eigenvalue weighted by atomic mass is 16.2. The summed E-state index contributed by atoms with van der Waals surface area (Å²) in [6.07, 6.45) is 8.77. The van der Waals surface area contributed by atoms with Crippen molar-refractivity contribution in [1.82, 2.24) is 4.90 Å². The molecule has 2 unspecified atom stereocenters. The Kier molecular flexibility index (Phi) is 4.26. The third kappa shape index (κ3) is 2.85. The molecular formula is C16H25NO. The van der Waals surface area contributed by atoms with Gasteiger partial charge in [-0.05, 0) is 58.3 Å². The number of carbonyl (C=O) groups excluding carboxylic acids is 1. The predicted octanol–water partition coefficient (Wildman–Crippen LogP) is 3.69. The largest absolute Gasteiger partial charge is 0.336 e. The second-order valence-corrected chi connectivity index (χ2v) is 5.89. The van der Waals surface area contributed by atoms with Gasteiger partial charge in [0.1, 0.15) is 0 Å². The van der Waals surface area contributed by atoms with E-state index in [1.54, 1.807) is 0 Å².